The Balaban J connectivity index is 0.000000686. The van der Waals surface area contributed by atoms with Crippen molar-refractivity contribution in [3.63, 3.8) is 0 Å². The lowest BCUT2D eigenvalue weighted by atomic mass is 10.1. The number of nitrogens with two attached hydrogens (primary N) is 1. The van der Waals surface area contributed by atoms with Crippen LogP contribution in [0, 0.1) is 0 Å². The van der Waals surface area contributed by atoms with Crippen LogP contribution in [0.1, 0.15) is 5.56 Å². The summed E-state index contributed by atoms with van der Waals surface area (Å²) in [6, 6.07) is 6.91. The van der Waals surface area contributed by atoms with Crippen LogP contribution in [0.5, 0.6) is 0 Å². The van der Waals surface area contributed by atoms with Crippen LogP contribution in [0.25, 0.3) is 10.9 Å². The molecule has 0 spiro atoms. The molecule has 4 N–H and O–H groups in total. The summed E-state index contributed by atoms with van der Waals surface area (Å²) in [4.78, 5) is 21.7. The van der Waals surface area contributed by atoms with Gasteiger partial charge in [0.2, 0.25) is 0 Å². The first-order valence-electron chi connectivity index (χ1n) is 5.00. The van der Waals surface area contributed by atoms with Gasteiger partial charge in [-0.05, 0) is 11.6 Å². The van der Waals surface area contributed by atoms with Gasteiger partial charge in [0.25, 0.3) is 0 Å². The molecule has 0 aliphatic heterocycles. The van der Waals surface area contributed by atoms with Gasteiger partial charge in [-0.25, -0.2) is 0 Å². The number of rotatable bonds is 3. The molecule has 1 aromatic carbocycles. The van der Waals surface area contributed by atoms with Crippen LogP contribution in [-0.4, -0.2) is 28.9 Å². The van der Waals surface area contributed by atoms with Crippen LogP contribution in [0.3, 0.4) is 0 Å². The highest BCUT2D eigenvalue weighted by Crippen LogP contribution is 2.18. The molecule has 0 bridgehead atoms. The van der Waals surface area contributed by atoms with E-state index in [1.807, 2.05) is 37.3 Å². The Bertz CT molecular complexity index is 507. The summed E-state index contributed by atoms with van der Waals surface area (Å²) < 4.78 is 0. The number of H-pyrrole nitrogens is 1. The normalized spacial score (nSPS) is 11.6. The average molecular weight is 234 g/mol. The molecule has 1 aromatic heterocycles. The Morgan fingerprint density at radius 3 is 2.71 bits per heavy atom. The van der Waals surface area contributed by atoms with Crippen LogP contribution in [0.15, 0.2) is 30.5 Å². The zero-order valence-electron chi connectivity index (χ0n) is 9.22. The molecule has 1 heterocycles. The number of aromatic nitrogens is 1. The lowest BCUT2D eigenvalue weighted by Crippen LogP contribution is -2.32. The summed E-state index contributed by atoms with van der Waals surface area (Å²) in [5.74, 6) is -0.972. The molecule has 0 unspecified atom stereocenters. The van der Waals surface area contributed by atoms with Crippen molar-refractivity contribution in [3.05, 3.63) is 36.0 Å². The van der Waals surface area contributed by atoms with Crippen molar-refractivity contribution in [2.75, 3.05) is 0 Å². The molecule has 17 heavy (non-hydrogen) atoms. The number of fused-ring (bicyclic) bond motifs is 1. The molecule has 0 radical (unpaired) electrons. The maximum absolute atomic E-state index is 10.6. The smallest absolute Gasteiger partial charge is 0.320 e. The largest absolute Gasteiger partial charge is 0.480 e. The summed E-state index contributed by atoms with van der Waals surface area (Å²) in [7, 11) is 0. The molecule has 0 saturated carbocycles. The minimum Gasteiger partial charge on any atom is -0.480 e. The van der Waals surface area contributed by atoms with Crippen molar-refractivity contribution >= 4 is 23.7 Å². The van der Waals surface area contributed by atoms with Crippen molar-refractivity contribution in [3.8, 4) is 0 Å². The zero-order chi connectivity index (χ0) is 12.8. The van der Waals surface area contributed by atoms with E-state index in [2.05, 4.69) is 4.98 Å². The molecule has 90 valence electrons. The standard InChI is InChI=1S/C11H12N2O2.CH2O/c12-9(11(14)15)5-7-6-13-10-4-2-1-3-8(7)10;1-2/h1-4,6,9,13H,5,12H2,(H,14,15);1H2/t9-;/m0./s1. The monoisotopic (exact) mass is 234 g/mol. The highest BCUT2D eigenvalue weighted by molar-refractivity contribution is 5.84. The van der Waals surface area contributed by atoms with E-state index in [1.54, 1.807) is 0 Å². The molecule has 0 aliphatic rings. The highest BCUT2D eigenvalue weighted by atomic mass is 16.4. The molecule has 2 aromatic rings. The fourth-order valence-corrected chi connectivity index (χ4v) is 1.62. The molecule has 1 atom stereocenters. The minimum atomic E-state index is -0.972. The molecule has 0 amide bonds. The topological polar surface area (TPSA) is 96.2 Å². The zero-order valence-corrected chi connectivity index (χ0v) is 9.22. The Morgan fingerprint density at radius 1 is 1.41 bits per heavy atom. The van der Waals surface area contributed by atoms with Gasteiger partial charge in [0.05, 0.1) is 0 Å². The molecule has 0 saturated heterocycles. The van der Waals surface area contributed by atoms with Crippen molar-refractivity contribution in [1.82, 2.24) is 4.98 Å². The van der Waals surface area contributed by atoms with Crippen LogP contribution >= 0.6 is 0 Å². The average Bonchev–Trinajstić information content (AvgIpc) is 2.75. The van der Waals surface area contributed by atoms with Gasteiger partial charge in [-0.3, -0.25) is 4.79 Å². The summed E-state index contributed by atoms with van der Waals surface area (Å²) in [5.41, 5.74) is 7.43. The number of para-hydroxylation sites is 1. The lowest BCUT2D eigenvalue weighted by molar-refractivity contribution is -0.138. The van der Waals surface area contributed by atoms with Gasteiger partial charge in [0.1, 0.15) is 12.8 Å². The van der Waals surface area contributed by atoms with Crippen molar-refractivity contribution in [1.29, 1.82) is 0 Å². The van der Waals surface area contributed by atoms with E-state index in [0.717, 1.165) is 16.5 Å². The number of hydrogen-bond donors (Lipinski definition) is 3. The predicted molar refractivity (Wildman–Crippen MR) is 64.7 cm³/mol. The Kier molecular flexibility index (Phi) is 4.42. The second kappa shape index (κ2) is 5.81. The quantitative estimate of drug-likeness (QED) is 0.736. The second-order valence-electron chi connectivity index (χ2n) is 3.51. The first-order valence-corrected chi connectivity index (χ1v) is 5.00. The van der Waals surface area contributed by atoms with Gasteiger partial charge in [-0.2, -0.15) is 0 Å². The third kappa shape index (κ3) is 2.92. The molecule has 0 fully saturated rings. The van der Waals surface area contributed by atoms with E-state index in [9.17, 15) is 4.79 Å². The van der Waals surface area contributed by atoms with E-state index >= 15 is 0 Å². The molecule has 5 nitrogen and oxygen atoms in total. The summed E-state index contributed by atoms with van der Waals surface area (Å²) in [6.07, 6.45) is 2.16. The maximum atomic E-state index is 10.6. The molecular formula is C12H14N2O3. The van der Waals surface area contributed by atoms with E-state index < -0.39 is 12.0 Å². The van der Waals surface area contributed by atoms with Gasteiger partial charge >= 0.3 is 5.97 Å². The maximum Gasteiger partial charge on any atom is 0.320 e. The van der Waals surface area contributed by atoms with Gasteiger partial charge in [0, 0.05) is 23.5 Å². The van der Waals surface area contributed by atoms with E-state index in [1.165, 1.54) is 0 Å². The lowest BCUT2D eigenvalue weighted by Gasteiger charge is -2.04. The summed E-state index contributed by atoms with van der Waals surface area (Å²) in [5, 5.41) is 9.75. The second-order valence-corrected chi connectivity index (χ2v) is 3.51. The van der Waals surface area contributed by atoms with Gasteiger partial charge < -0.3 is 20.6 Å². The fourth-order valence-electron chi connectivity index (χ4n) is 1.62. The number of nitrogens with one attached hydrogen (secondary N) is 1. The Hall–Kier alpha value is -2.14. The predicted octanol–water partition coefficient (Wildman–Crippen LogP) is 0.937. The van der Waals surface area contributed by atoms with Crippen molar-refractivity contribution < 1.29 is 14.7 Å². The number of carboxylic acids is 1. The minimum absolute atomic E-state index is 0.347. The van der Waals surface area contributed by atoms with E-state index in [4.69, 9.17) is 15.6 Å². The van der Waals surface area contributed by atoms with Crippen LogP contribution < -0.4 is 5.73 Å². The van der Waals surface area contributed by atoms with Crippen LogP contribution in [0.4, 0.5) is 0 Å². The molecule has 2 rings (SSSR count). The summed E-state index contributed by atoms with van der Waals surface area (Å²) >= 11 is 0. The number of carbonyl (C=O) groups is 2. The number of carboxylic acid groups (broad SMARTS) is 1. The van der Waals surface area contributed by atoms with E-state index in [0.29, 0.717) is 6.42 Å². The van der Waals surface area contributed by atoms with E-state index in [-0.39, 0.29) is 0 Å². The van der Waals surface area contributed by atoms with Crippen LogP contribution in [0.2, 0.25) is 0 Å². The van der Waals surface area contributed by atoms with Crippen molar-refractivity contribution in [2.45, 2.75) is 12.5 Å². The van der Waals surface area contributed by atoms with Crippen LogP contribution in [-0.2, 0) is 16.0 Å². The number of hydrogen-bond acceptors (Lipinski definition) is 3. The third-order valence-electron chi connectivity index (χ3n) is 2.43. The Morgan fingerprint density at radius 2 is 2.06 bits per heavy atom. The third-order valence-corrected chi connectivity index (χ3v) is 2.43. The van der Waals surface area contributed by atoms with Gasteiger partial charge in [-0.1, -0.05) is 18.2 Å². The number of aliphatic carboxylic acids is 1. The first-order chi connectivity index (χ1) is 8.18. The molecule has 5 heteroatoms. The molecule has 0 aliphatic carbocycles. The Labute approximate surface area is 98.2 Å². The number of carbonyl (C=O) groups excluding carboxylic acids is 1. The van der Waals surface area contributed by atoms with Crippen molar-refractivity contribution in [2.24, 2.45) is 5.73 Å². The highest BCUT2D eigenvalue weighted by Gasteiger charge is 2.14. The fraction of sp³-hybridized carbons (Fsp3) is 0.167. The molecular weight excluding hydrogens is 220 g/mol. The number of aromatic amines is 1. The summed E-state index contributed by atoms with van der Waals surface area (Å²) in [6.45, 7) is 2.00. The number of benzene rings is 1. The van der Waals surface area contributed by atoms with Gasteiger partial charge in [0.15, 0.2) is 0 Å². The first kappa shape index (κ1) is 12.9. The van der Waals surface area contributed by atoms with Gasteiger partial charge in [-0.15, -0.1) is 0 Å². The SMILES string of the molecule is C=O.N[C@@H](Cc1c[nH]c2ccccc12)C(=O)O.